The van der Waals surface area contributed by atoms with Gasteiger partial charge in [-0.1, -0.05) is 11.6 Å². The first kappa shape index (κ1) is 21.2. The number of amides is 1. The molecule has 0 aliphatic heterocycles. The molecule has 0 bridgehead atoms. The van der Waals surface area contributed by atoms with Crippen LogP contribution in [0.15, 0.2) is 69.6 Å². The lowest BCUT2D eigenvalue weighted by Crippen LogP contribution is -2.18. The largest absolute Gasteiger partial charge is 0.494 e. The Bertz CT molecular complexity index is 1270. The minimum atomic E-state index is -0.281. The fourth-order valence-corrected chi connectivity index (χ4v) is 4.47. The van der Waals surface area contributed by atoms with E-state index >= 15 is 0 Å². The number of carbonyl (C=O) groups is 1. The highest BCUT2D eigenvalue weighted by Crippen LogP contribution is 2.27. The van der Waals surface area contributed by atoms with Crippen LogP contribution in [0.5, 0.6) is 5.75 Å². The first-order chi connectivity index (χ1) is 15.0. The van der Waals surface area contributed by atoms with Gasteiger partial charge in [-0.3, -0.25) is 4.79 Å². The molecule has 156 valence electrons. The number of halogens is 1. The smallest absolute Gasteiger partial charge is 0.272 e. The van der Waals surface area contributed by atoms with Crippen LogP contribution in [0.4, 0.5) is 0 Å². The highest BCUT2D eigenvalue weighted by molar-refractivity contribution is 9.11. The maximum absolute atomic E-state index is 13.0. The zero-order valence-corrected chi connectivity index (χ0v) is 19.5. The first-order valence-corrected chi connectivity index (χ1v) is 11.4. The molecule has 0 fully saturated rings. The summed E-state index contributed by atoms with van der Waals surface area (Å²) in [5.74, 6) is 0.521. The van der Waals surface area contributed by atoms with Crippen LogP contribution in [0, 0.1) is 6.92 Å². The number of nitrogens with zero attached hydrogens (tertiary/aromatic N) is 2. The number of fused-ring (bicyclic) bond motifs is 1. The molecule has 0 saturated carbocycles. The summed E-state index contributed by atoms with van der Waals surface area (Å²) in [6.07, 6.45) is 1.63. The molecule has 0 aliphatic carbocycles. The summed E-state index contributed by atoms with van der Waals surface area (Å²) in [7, 11) is 0. The monoisotopic (exact) mass is 493 g/mol. The van der Waals surface area contributed by atoms with Gasteiger partial charge >= 0.3 is 0 Å². The van der Waals surface area contributed by atoms with Gasteiger partial charge in [0.15, 0.2) is 0 Å². The van der Waals surface area contributed by atoms with Crippen LogP contribution in [0.3, 0.4) is 0 Å². The number of hydrazone groups is 1. The number of aryl methyl sites for hydroxylation is 1. The SMILES string of the molecule is CCOc1ccc(-c2cc(C(=O)N/N=C\c3ccc(Br)s3)c3cc(C)ccc3n2)cc1. The molecular formula is C24H20BrN3O2S. The molecule has 0 saturated heterocycles. The number of hydrogen-bond acceptors (Lipinski definition) is 5. The summed E-state index contributed by atoms with van der Waals surface area (Å²) in [4.78, 5) is 18.7. The molecule has 31 heavy (non-hydrogen) atoms. The Morgan fingerprint density at radius 2 is 1.97 bits per heavy atom. The van der Waals surface area contributed by atoms with Gasteiger partial charge in [-0.2, -0.15) is 5.10 Å². The molecule has 1 N–H and O–H groups in total. The highest BCUT2D eigenvalue weighted by atomic mass is 79.9. The topological polar surface area (TPSA) is 63.6 Å². The average molecular weight is 494 g/mol. The lowest BCUT2D eigenvalue weighted by Gasteiger charge is -2.10. The van der Waals surface area contributed by atoms with Crippen molar-refractivity contribution in [3.8, 4) is 17.0 Å². The number of carbonyl (C=O) groups excluding carboxylic acids is 1. The minimum Gasteiger partial charge on any atom is -0.494 e. The van der Waals surface area contributed by atoms with Crippen LogP contribution in [0.1, 0.15) is 27.7 Å². The summed E-state index contributed by atoms with van der Waals surface area (Å²) in [6.45, 7) is 4.56. The van der Waals surface area contributed by atoms with Gasteiger partial charge in [-0.25, -0.2) is 10.4 Å². The van der Waals surface area contributed by atoms with Gasteiger partial charge in [-0.15, -0.1) is 11.3 Å². The fraction of sp³-hybridized carbons (Fsp3) is 0.125. The lowest BCUT2D eigenvalue weighted by molar-refractivity contribution is 0.0956. The molecule has 7 heteroatoms. The molecule has 2 aromatic carbocycles. The molecule has 0 unspecified atom stereocenters. The van der Waals surface area contributed by atoms with Crippen LogP contribution in [-0.4, -0.2) is 23.7 Å². The quantitative estimate of drug-likeness (QED) is 0.257. The Balaban J connectivity index is 1.69. The molecule has 4 rings (SSSR count). The number of benzene rings is 2. The van der Waals surface area contributed by atoms with Crippen molar-refractivity contribution in [3.63, 3.8) is 0 Å². The van der Waals surface area contributed by atoms with Crippen LogP contribution in [0.2, 0.25) is 0 Å². The summed E-state index contributed by atoms with van der Waals surface area (Å²) >= 11 is 4.96. The van der Waals surface area contributed by atoms with Crippen molar-refractivity contribution in [2.75, 3.05) is 6.61 Å². The normalized spacial score (nSPS) is 11.2. The molecule has 0 spiro atoms. The Kier molecular flexibility index (Phi) is 6.44. The number of ether oxygens (including phenoxy) is 1. The molecule has 4 aromatic rings. The summed E-state index contributed by atoms with van der Waals surface area (Å²) in [5, 5.41) is 4.92. The Hall–Kier alpha value is -3.03. The summed E-state index contributed by atoms with van der Waals surface area (Å²) in [5.41, 5.74) is 6.62. The standard InChI is InChI=1S/C24H20BrN3O2S/c1-3-30-17-7-5-16(6-8-17)22-13-20(19-12-15(2)4-10-21(19)27-22)24(29)28-26-14-18-9-11-23(25)31-18/h4-14H,3H2,1-2H3,(H,28,29)/b26-14-. The molecule has 0 radical (unpaired) electrons. The number of rotatable bonds is 6. The van der Waals surface area contributed by atoms with Gasteiger partial charge < -0.3 is 4.74 Å². The number of pyridine rings is 1. The van der Waals surface area contributed by atoms with Crippen molar-refractivity contribution in [1.82, 2.24) is 10.4 Å². The fourth-order valence-electron chi connectivity index (χ4n) is 3.18. The highest BCUT2D eigenvalue weighted by Gasteiger charge is 2.14. The third-order valence-corrected chi connectivity index (χ3v) is 6.18. The zero-order chi connectivity index (χ0) is 21.8. The van der Waals surface area contributed by atoms with Gasteiger partial charge in [0.25, 0.3) is 5.91 Å². The van der Waals surface area contributed by atoms with E-state index in [0.717, 1.165) is 42.1 Å². The van der Waals surface area contributed by atoms with E-state index in [0.29, 0.717) is 12.2 Å². The molecule has 2 heterocycles. The van der Waals surface area contributed by atoms with Gasteiger partial charge in [0.1, 0.15) is 5.75 Å². The second kappa shape index (κ2) is 9.41. The molecule has 1 amide bonds. The van der Waals surface area contributed by atoms with Gasteiger partial charge in [-0.05, 0) is 84.4 Å². The predicted octanol–water partition coefficient (Wildman–Crippen LogP) is 6.20. The van der Waals surface area contributed by atoms with Gasteiger partial charge in [0.05, 0.1) is 33.4 Å². The molecule has 0 atom stereocenters. The van der Waals surface area contributed by atoms with Crippen molar-refractivity contribution in [2.45, 2.75) is 13.8 Å². The predicted molar refractivity (Wildman–Crippen MR) is 130 cm³/mol. The minimum absolute atomic E-state index is 0.281. The number of aromatic nitrogens is 1. The summed E-state index contributed by atoms with van der Waals surface area (Å²) in [6, 6.07) is 19.3. The lowest BCUT2D eigenvalue weighted by atomic mass is 10.0. The van der Waals surface area contributed by atoms with Crippen molar-refractivity contribution < 1.29 is 9.53 Å². The van der Waals surface area contributed by atoms with Crippen LogP contribution >= 0.6 is 27.3 Å². The molecule has 5 nitrogen and oxygen atoms in total. The van der Waals surface area contributed by atoms with E-state index in [1.807, 2.05) is 74.5 Å². The van der Waals surface area contributed by atoms with Crippen LogP contribution in [0.25, 0.3) is 22.2 Å². The van der Waals surface area contributed by atoms with E-state index in [1.165, 1.54) is 11.3 Å². The first-order valence-electron chi connectivity index (χ1n) is 9.77. The van der Waals surface area contributed by atoms with E-state index in [2.05, 4.69) is 26.5 Å². The Labute approximate surface area is 192 Å². The Morgan fingerprint density at radius 1 is 1.16 bits per heavy atom. The zero-order valence-electron chi connectivity index (χ0n) is 17.1. The van der Waals surface area contributed by atoms with Crippen LogP contribution in [-0.2, 0) is 0 Å². The van der Waals surface area contributed by atoms with E-state index in [1.54, 1.807) is 6.21 Å². The number of nitrogens with one attached hydrogen (secondary N) is 1. The maximum Gasteiger partial charge on any atom is 0.272 e. The third kappa shape index (κ3) is 5.00. The van der Waals surface area contributed by atoms with Gasteiger partial charge in [0, 0.05) is 15.8 Å². The van der Waals surface area contributed by atoms with E-state index in [9.17, 15) is 4.79 Å². The number of thiophene rings is 1. The number of hydrogen-bond donors (Lipinski definition) is 1. The Morgan fingerprint density at radius 3 is 2.68 bits per heavy atom. The van der Waals surface area contributed by atoms with Crippen molar-refractivity contribution in [1.29, 1.82) is 0 Å². The molecule has 0 aliphatic rings. The maximum atomic E-state index is 13.0. The van der Waals surface area contributed by atoms with Crippen molar-refractivity contribution in [2.24, 2.45) is 5.10 Å². The van der Waals surface area contributed by atoms with E-state index in [-0.39, 0.29) is 5.91 Å². The second-order valence-electron chi connectivity index (χ2n) is 6.87. The molecule has 2 aromatic heterocycles. The summed E-state index contributed by atoms with van der Waals surface area (Å²) < 4.78 is 6.53. The third-order valence-electron chi connectivity index (χ3n) is 4.62. The van der Waals surface area contributed by atoms with E-state index in [4.69, 9.17) is 9.72 Å². The van der Waals surface area contributed by atoms with E-state index < -0.39 is 0 Å². The second-order valence-corrected chi connectivity index (χ2v) is 9.37. The van der Waals surface area contributed by atoms with Crippen LogP contribution < -0.4 is 10.2 Å². The average Bonchev–Trinajstić information content (AvgIpc) is 3.18. The van der Waals surface area contributed by atoms with Gasteiger partial charge in [0.2, 0.25) is 0 Å². The molecular weight excluding hydrogens is 474 g/mol. The van der Waals surface area contributed by atoms with Crippen molar-refractivity contribution in [3.05, 3.63) is 80.5 Å². The van der Waals surface area contributed by atoms with Crippen molar-refractivity contribution >= 4 is 50.3 Å².